The van der Waals surface area contributed by atoms with E-state index in [9.17, 15) is 18.0 Å². The number of carboxylic acids is 1. The fraction of sp³-hybridized carbons (Fsp3) is 0.222. The molecule has 28 heavy (non-hydrogen) atoms. The second kappa shape index (κ2) is 9.18. The number of nitrogens with zero attached hydrogens (tertiary/aromatic N) is 1. The van der Waals surface area contributed by atoms with Crippen molar-refractivity contribution in [2.75, 3.05) is 32.1 Å². The van der Waals surface area contributed by atoms with Crippen molar-refractivity contribution in [3.63, 3.8) is 0 Å². The molecule has 1 amide bonds. The lowest BCUT2D eigenvalue weighted by molar-refractivity contribution is -0.132. The third-order valence-electron chi connectivity index (χ3n) is 3.81. The lowest BCUT2D eigenvalue weighted by Gasteiger charge is -2.17. The second-order valence-corrected chi connectivity index (χ2v) is 8.60. The van der Waals surface area contributed by atoms with Crippen LogP contribution in [0.15, 0.2) is 51.9 Å². The van der Waals surface area contributed by atoms with Crippen molar-refractivity contribution < 1.29 is 23.1 Å². The maximum atomic E-state index is 12.7. The number of anilines is 1. The van der Waals surface area contributed by atoms with Crippen molar-refractivity contribution in [2.24, 2.45) is 0 Å². The molecule has 0 radical (unpaired) electrons. The number of aliphatic carboxylic acids is 1. The number of amides is 1. The van der Waals surface area contributed by atoms with E-state index in [1.807, 2.05) is 31.1 Å². The van der Waals surface area contributed by atoms with Gasteiger partial charge in [0.25, 0.3) is 0 Å². The average molecular weight is 470 g/mol. The van der Waals surface area contributed by atoms with Crippen molar-refractivity contribution in [2.45, 2.75) is 4.90 Å². The van der Waals surface area contributed by atoms with Crippen molar-refractivity contribution >= 4 is 54.3 Å². The minimum absolute atomic E-state index is 0.00216. The Kier molecular flexibility index (Phi) is 7.17. The van der Waals surface area contributed by atoms with E-state index in [1.165, 1.54) is 6.07 Å². The molecule has 2 aromatic rings. The molecule has 0 unspecified atom stereocenters. The summed E-state index contributed by atoms with van der Waals surface area (Å²) >= 11 is 2.74. The van der Waals surface area contributed by atoms with Crippen LogP contribution in [-0.4, -0.2) is 52.6 Å². The molecule has 0 aliphatic carbocycles. The standard InChI is InChI=1S/C18H20BrN3O5S/c1-22(2)15-7-3-6-13-12(15)5-4-8-16(13)28(26,27)21-10-9-20-17(23)11-14(19)18(24)25/h3-8,11,21H,9-10H2,1-2H3,(H,20,23)(H,24,25)/b14-11+. The highest BCUT2D eigenvalue weighted by Crippen LogP contribution is 2.29. The molecular formula is C18H20BrN3O5S. The monoisotopic (exact) mass is 469 g/mol. The zero-order valence-electron chi connectivity index (χ0n) is 15.3. The predicted molar refractivity (Wildman–Crippen MR) is 111 cm³/mol. The van der Waals surface area contributed by atoms with Crippen LogP contribution < -0.4 is 14.9 Å². The maximum Gasteiger partial charge on any atom is 0.342 e. The van der Waals surface area contributed by atoms with Gasteiger partial charge >= 0.3 is 5.97 Å². The van der Waals surface area contributed by atoms with Gasteiger partial charge in [-0.15, -0.1) is 0 Å². The molecule has 8 nitrogen and oxygen atoms in total. The summed E-state index contributed by atoms with van der Waals surface area (Å²) in [5, 5.41) is 12.5. The number of carbonyl (C=O) groups is 2. The van der Waals surface area contributed by atoms with E-state index >= 15 is 0 Å². The van der Waals surface area contributed by atoms with E-state index in [0.717, 1.165) is 17.1 Å². The maximum absolute atomic E-state index is 12.7. The summed E-state index contributed by atoms with van der Waals surface area (Å²) in [7, 11) is -0.0364. The normalized spacial score (nSPS) is 12.0. The van der Waals surface area contributed by atoms with E-state index in [2.05, 4.69) is 26.0 Å². The number of rotatable bonds is 8. The molecule has 0 aliphatic heterocycles. The topological polar surface area (TPSA) is 116 Å². The first-order chi connectivity index (χ1) is 13.1. The first-order valence-corrected chi connectivity index (χ1v) is 10.5. The van der Waals surface area contributed by atoms with Gasteiger partial charge in [-0.05, 0) is 28.1 Å². The molecular weight excluding hydrogens is 450 g/mol. The third kappa shape index (κ3) is 5.31. The Bertz CT molecular complexity index is 1030. The second-order valence-electron chi connectivity index (χ2n) is 6.01. The van der Waals surface area contributed by atoms with Crippen molar-refractivity contribution in [3.05, 3.63) is 47.0 Å². The molecule has 0 bridgehead atoms. The van der Waals surface area contributed by atoms with Crippen LogP contribution in [0.3, 0.4) is 0 Å². The molecule has 0 heterocycles. The van der Waals surface area contributed by atoms with Gasteiger partial charge in [-0.2, -0.15) is 0 Å². The molecule has 0 saturated carbocycles. The summed E-state index contributed by atoms with van der Waals surface area (Å²) in [6, 6.07) is 10.5. The van der Waals surface area contributed by atoms with Gasteiger partial charge in [0.2, 0.25) is 15.9 Å². The molecule has 10 heteroatoms. The van der Waals surface area contributed by atoms with Crippen molar-refractivity contribution in [1.29, 1.82) is 0 Å². The van der Waals surface area contributed by atoms with Crippen LogP contribution in [0.25, 0.3) is 10.8 Å². The fourth-order valence-electron chi connectivity index (χ4n) is 2.57. The number of carbonyl (C=O) groups excluding carboxylic acids is 1. The summed E-state index contributed by atoms with van der Waals surface area (Å²) in [6.45, 7) is -0.0431. The molecule has 0 atom stereocenters. The van der Waals surface area contributed by atoms with E-state index in [4.69, 9.17) is 5.11 Å². The van der Waals surface area contributed by atoms with Crippen LogP contribution in [0.4, 0.5) is 5.69 Å². The SMILES string of the molecule is CN(C)c1cccc2c(S(=O)(=O)NCCNC(=O)/C=C(/Br)C(=O)O)cccc12. The summed E-state index contributed by atoms with van der Waals surface area (Å²) in [4.78, 5) is 24.3. The number of hydrogen-bond donors (Lipinski definition) is 3. The number of hydrogen-bond acceptors (Lipinski definition) is 5. The summed E-state index contributed by atoms with van der Waals surface area (Å²) in [5.74, 6) is -1.92. The van der Waals surface area contributed by atoms with Gasteiger partial charge in [0.15, 0.2) is 0 Å². The number of halogens is 1. The molecule has 3 N–H and O–H groups in total. The molecule has 0 aliphatic rings. The van der Waals surface area contributed by atoms with Gasteiger partial charge in [-0.3, -0.25) is 4.79 Å². The summed E-state index contributed by atoms with van der Waals surface area (Å²) in [5.41, 5.74) is 0.901. The average Bonchev–Trinajstić information content (AvgIpc) is 2.64. The Morgan fingerprint density at radius 2 is 1.75 bits per heavy atom. The molecule has 2 aromatic carbocycles. The summed E-state index contributed by atoms with van der Waals surface area (Å²) in [6.07, 6.45) is 0.865. The number of sulfonamides is 1. The minimum atomic E-state index is -3.80. The Balaban J connectivity index is 2.12. The van der Waals surface area contributed by atoms with Gasteiger partial charge in [0.1, 0.15) is 4.48 Å². The minimum Gasteiger partial charge on any atom is -0.477 e. The fourth-order valence-corrected chi connectivity index (χ4v) is 4.03. The highest BCUT2D eigenvalue weighted by Gasteiger charge is 2.18. The number of benzene rings is 2. The third-order valence-corrected chi connectivity index (χ3v) is 5.90. The van der Waals surface area contributed by atoms with E-state index in [-0.39, 0.29) is 22.5 Å². The zero-order chi connectivity index (χ0) is 20.9. The lowest BCUT2D eigenvalue weighted by atomic mass is 10.1. The van der Waals surface area contributed by atoms with Crippen LogP contribution in [0, 0.1) is 0 Å². The largest absolute Gasteiger partial charge is 0.477 e. The Hall–Kier alpha value is -2.43. The van der Waals surface area contributed by atoms with Gasteiger partial charge in [0, 0.05) is 49.7 Å². The van der Waals surface area contributed by atoms with Crippen LogP contribution in [-0.2, 0) is 19.6 Å². The molecule has 0 spiro atoms. The van der Waals surface area contributed by atoms with Crippen molar-refractivity contribution in [3.8, 4) is 0 Å². The molecule has 0 aromatic heterocycles. The first kappa shape index (κ1) is 21.9. The van der Waals surface area contributed by atoms with E-state index in [1.54, 1.807) is 18.2 Å². The highest BCUT2D eigenvalue weighted by molar-refractivity contribution is 9.12. The predicted octanol–water partition coefficient (Wildman–Crippen LogP) is 1.66. The van der Waals surface area contributed by atoms with Crippen LogP contribution in [0.1, 0.15) is 0 Å². The van der Waals surface area contributed by atoms with Crippen LogP contribution >= 0.6 is 15.9 Å². The van der Waals surface area contributed by atoms with Gasteiger partial charge < -0.3 is 15.3 Å². The van der Waals surface area contributed by atoms with Gasteiger partial charge in [0.05, 0.1) is 4.90 Å². The lowest BCUT2D eigenvalue weighted by Crippen LogP contribution is -2.34. The first-order valence-electron chi connectivity index (χ1n) is 8.20. The number of carboxylic acid groups (broad SMARTS) is 1. The summed E-state index contributed by atoms with van der Waals surface area (Å²) < 4.78 is 27.6. The quantitative estimate of drug-likeness (QED) is 0.399. The van der Waals surface area contributed by atoms with E-state index < -0.39 is 21.9 Å². The number of fused-ring (bicyclic) bond motifs is 1. The van der Waals surface area contributed by atoms with Crippen molar-refractivity contribution in [1.82, 2.24) is 10.0 Å². The molecule has 2 rings (SSSR count). The smallest absolute Gasteiger partial charge is 0.342 e. The Morgan fingerprint density at radius 1 is 1.11 bits per heavy atom. The van der Waals surface area contributed by atoms with Crippen LogP contribution in [0.2, 0.25) is 0 Å². The van der Waals surface area contributed by atoms with Gasteiger partial charge in [-0.25, -0.2) is 17.9 Å². The highest BCUT2D eigenvalue weighted by atomic mass is 79.9. The Labute approximate surface area is 171 Å². The van der Waals surface area contributed by atoms with Crippen LogP contribution in [0.5, 0.6) is 0 Å². The zero-order valence-corrected chi connectivity index (χ0v) is 17.7. The van der Waals surface area contributed by atoms with Gasteiger partial charge in [-0.1, -0.05) is 24.3 Å². The van der Waals surface area contributed by atoms with E-state index in [0.29, 0.717) is 5.39 Å². The molecule has 0 fully saturated rings. The molecule has 150 valence electrons. The number of nitrogens with one attached hydrogen (secondary N) is 2. The Morgan fingerprint density at radius 3 is 2.39 bits per heavy atom. The molecule has 0 saturated heterocycles.